The smallest absolute Gasteiger partial charge is 0.192 e. The average Bonchev–Trinajstić information content (AvgIpc) is 2.57. The lowest BCUT2D eigenvalue weighted by Crippen LogP contribution is -2.48. The number of hydrogen-bond donors (Lipinski definition) is 1. The van der Waals surface area contributed by atoms with Gasteiger partial charge in [0, 0.05) is 0 Å². The summed E-state index contributed by atoms with van der Waals surface area (Å²) in [7, 11) is -1.94. The Kier molecular flexibility index (Phi) is 9.80. The lowest BCUT2D eigenvalue weighted by Gasteiger charge is -2.40. The minimum Gasteiger partial charge on any atom is -0.411 e. The molecule has 0 aliphatic heterocycles. The van der Waals surface area contributed by atoms with Crippen molar-refractivity contribution in [2.24, 2.45) is 0 Å². The van der Waals surface area contributed by atoms with Gasteiger partial charge < -0.3 is 14.3 Å². The van der Waals surface area contributed by atoms with Gasteiger partial charge >= 0.3 is 0 Å². The summed E-state index contributed by atoms with van der Waals surface area (Å²) in [5.41, 5.74) is 1.12. The van der Waals surface area contributed by atoms with Crippen molar-refractivity contribution in [1.29, 1.82) is 0 Å². The molecule has 1 N–H and O–H groups in total. The molecule has 0 aromatic heterocycles. The lowest BCUT2D eigenvalue weighted by atomic mass is 10.1. The van der Waals surface area contributed by atoms with E-state index in [1.807, 2.05) is 30.3 Å². The summed E-state index contributed by atoms with van der Waals surface area (Å²) in [5, 5.41) is 10.8. The minimum absolute atomic E-state index is 0.120. The number of hydrogen-bond acceptors (Lipinski definition) is 3. The third kappa shape index (κ3) is 8.17. The molecule has 1 aromatic rings. The van der Waals surface area contributed by atoms with Gasteiger partial charge in [-0.25, -0.2) is 0 Å². The van der Waals surface area contributed by atoms with Crippen LogP contribution in [0.15, 0.2) is 42.5 Å². The average molecular weight is 379 g/mol. The quantitative estimate of drug-likeness (QED) is 0.396. The van der Waals surface area contributed by atoms with Gasteiger partial charge in [-0.2, -0.15) is 0 Å². The van der Waals surface area contributed by atoms with Crippen molar-refractivity contribution in [3.63, 3.8) is 0 Å². The van der Waals surface area contributed by atoms with Crippen LogP contribution in [0.4, 0.5) is 0 Å². The SMILES string of the molecule is CC/C=C\CC[C@H](O[Si](C)(C)C(C)(C)C)[C@@H](O)COCc1ccccc1. The van der Waals surface area contributed by atoms with Crippen molar-refractivity contribution < 1.29 is 14.3 Å². The highest BCUT2D eigenvalue weighted by molar-refractivity contribution is 6.74. The van der Waals surface area contributed by atoms with Crippen LogP contribution >= 0.6 is 0 Å². The normalized spacial score (nSPS) is 15.3. The molecule has 1 aromatic carbocycles. The standard InChI is InChI=1S/C22H38O3Si/c1-7-8-9-13-16-21(25-26(5,6)22(2,3)4)20(23)18-24-17-19-14-11-10-12-15-19/h8-12,14-15,20-21,23H,7,13,16-18H2,1-6H3/b9-8-/t20-,21-/m0/s1. The molecule has 0 amide bonds. The highest BCUT2D eigenvalue weighted by Gasteiger charge is 2.40. The van der Waals surface area contributed by atoms with E-state index in [4.69, 9.17) is 9.16 Å². The van der Waals surface area contributed by atoms with Gasteiger partial charge in [0.25, 0.3) is 0 Å². The zero-order valence-electron chi connectivity index (χ0n) is 17.5. The second-order valence-electron chi connectivity index (χ2n) is 8.44. The molecule has 148 valence electrons. The van der Waals surface area contributed by atoms with E-state index in [0.717, 1.165) is 24.8 Å². The van der Waals surface area contributed by atoms with Crippen LogP contribution in [0.25, 0.3) is 0 Å². The van der Waals surface area contributed by atoms with Crippen molar-refractivity contribution in [3.05, 3.63) is 48.0 Å². The first-order valence-electron chi connectivity index (χ1n) is 9.80. The van der Waals surface area contributed by atoms with Crippen molar-refractivity contribution >= 4 is 8.32 Å². The van der Waals surface area contributed by atoms with Crippen LogP contribution in [0.3, 0.4) is 0 Å². The monoisotopic (exact) mass is 378 g/mol. The van der Waals surface area contributed by atoms with Crippen LogP contribution in [0.5, 0.6) is 0 Å². The van der Waals surface area contributed by atoms with E-state index >= 15 is 0 Å². The fourth-order valence-corrected chi connectivity index (χ4v) is 3.79. The van der Waals surface area contributed by atoms with Crippen LogP contribution in [0.1, 0.15) is 52.5 Å². The molecule has 0 bridgehead atoms. The Bertz CT molecular complexity index is 520. The maximum Gasteiger partial charge on any atom is 0.192 e. The van der Waals surface area contributed by atoms with Crippen molar-refractivity contribution in [2.75, 3.05) is 6.61 Å². The number of aliphatic hydroxyl groups excluding tert-OH is 1. The molecule has 0 heterocycles. The van der Waals surface area contributed by atoms with E-state index in [1.54, 1.807) is 0 Å². The first kappa shape index (κ1) is 23.1. The van der Waals surface area contributed by atoms with Gasteiger partial charge in [0.2, 0.25) is 0 Å². The van der Waals surface area contributed by atoms with Gasteiger partial charge in [-0.3, -0.25) is 0 Å². The van der Waals surface area contributed by atoms with E-state index < -0.39 is 14.4 Å². The molecule has 0 spiro atoms. The summed E-state index contributed by atoms with van der Waals surface area (Å²) in [6.07, 6.45) is 6.33. The van der Waals surface area contributed by atoms with Crippen molar-refractivity contribution in [3.8, 4) is 0 Å². The van der Waals surface area contributed by atoms with Crippen molar-refractivity contribution in [1.82, 2.24) is 0 Å². The second-order valence-corrected chi connectivity index (χ2v) is 13.2. The van der Waals surface area contributed by atoms with Crippen LogP contribution in [-0.4, -0.2) is 32.2 Å². The molecule has 0 aliphatic rings. The van der Waals surface area contributed by atoms with E-state index in [0.29, 0.717) is 13.2 Å². The summed E-state index contributed by atoms with van der Waals surface area (Å²) < 4.78 is 12.3. The molecular weight excluding hydrogens is 340 g/mol. The maximum absolute atomic E-state index is 10.7. The first-order chi connectivity index (χ1) is 12.2. The summed E-state index contributed by atoms with van der Waals surface area (Å²) in [4.78, 5) is 0. The van der Waals surface area contributed by atoms with E-state index in [2.05, 4.69) is 52.9 Å². The van der Waals surface area contributed by atoms with Gasteiger partial charge in [-0.1, -0.05) is 70.2 Å². The number of ether oxygens (including phenoxy) is 1. The van der Waals surface area contributed by atoms with Crippen molar-refractivity contribution in [2.45, 2.75) is 83.9 Å². The predicted molar refractivity (Wildman–Crippen MR) is 113 cm³/mol. The molecule has 2 atom stereocenters. The molecular formula is C22H38O3Si. The molecule has 0 saturated heterocycles. The number of benzene rings is 1. The first-order valence-corrected chi connectivity index (χ1v) is 12.7. The Morgan fingerprint density at radius 1 is 1.12 bits per heavy atom. The molecule has 0 fully saturated rings. The zero-order chi connectivity index (χ0) is 19.6. The summed E-state index contributed by atoms with van der Waals surface area (Å²) >= 11 is 0. The van der Waals surface area contributed by atoms with E-state index in [-0.39, 0.29) is 11.1 Å². The number of allylic oxidation sites excluding steroid dienone is 2. The highest BCUT2D eigenvalue weighted by Crippen LogP contribution is 2.38. The van der Waals surface area contributed by atoms with E-state index in [9.17, 15) is 5.11 Å². The van der Waals surface area contributed by atoms with Gasteiger partial charge in [0.1, 0.15) is 6.10 Å². The Hall–Kier alpha value is -0.943. The molecule has 0 unspecified atom stereocenters. The summed E-state index contributed by atoms with van der Waals surface area (Å²) in [6.45, 7) is 14.1. The molecule has 26 heavy (non-hydrogen) atoms. The van der Waals surface area contributed by atoms with Gasteiger partial charge in [-0.15, -0.1) is 0 Å². The fraction of sp³-hybridized carbons (Fsp3) is 0.636. The van der Waals surface area contributed by atoms with Crippen LogP contribution in [0.2, 0.25) is 18.1 Å². The molecule has 1 rings (SSSR count). The largest absolute Gasteiger partial charge is 0.411 e. The predicted octanol–water partition coefficient (Wildman–Crippen LogP) is 5.70. The van der Waals surface area contributed by atoms with Crippen LogP contribution in [-0.2, 0) is 15.8 Å². The topological polar surface area (TPSA) is 38.7 Å². The molecule has 0 aliphatic carbocycles. The Balaban J connectivity index is 2.64. The fourth-order valence-electron chi connectivity index (χ4n) is 2.41. The molecule has 3 nitrogen and oxygen atoms in total. The number of rotatable bonds is 11. The Labute approximate surface area is 161 Å². The molecule has 4 heteroatoms. The van der Waals surface area contributed by atoms with Crippen LogP contribution in [0, 0.1) is 0 Å². The highest BCUT2D eigenvalue weighted by atomic mass is 28.4. The molecule has 0 saturated carbocycles. The second kappa shape index (κ2) is 11.0. The third-order valence-electron chi connectivity index (χ3n) is 5.10. The van der Waals surface area contributed by atoms with Gasteiger partial charge in [0.15, 0.2) is 8.32 Å². The maximum atomic E-state index is 10.7. The molecule has 0 radical (unpaired) electrons. The number of aliphatic hydroxyl groups is 1. The summed E-state index contributed by atoms with van der Waals surface area (Å²) in [6, 6.07) is 10.1. The lowest BCUT2D eigenvalue weighted by molar-refractivity contribution is -0.0390. The van der Waals surface area contributed by atoms with E-state index in [1.165, 1.54) is 0 Å². The minimum atomic E-state index is -1.94. The van der Waals surface area contributed by atoms with Gasteiger partial charge in [-0.05, 0) is 43.0 Å². The van der Waals surface area contributed by atoms with Gasteiger partial charge in [0.05, 0.1) is 19.3 Å². The van der Waals surface area contributed by atoms with Crippen LogP contribution < -0.4 is 0 Å². The third-order valence-corrected chi connectivity index (χ3v) is 9.61. The zero-order valence-corrected chi connectivity index (χ0v) is 18.5. The summed E-state index contributed by atoms with van der Waals surface area (Å²) in [5.74, 6) is 0. The Morgan fingerprint density at radius 2 is 1.77 bits per heavy atom. The Morgan fingerprint density at radius 3 is 2.35 bits per heavy atom.